The average molecular weight is 295 g/mol. The Labute approximate surface area is 127 Å². The summed E-state index contributed by atoms with van der Waals surface area (Å²) in [5.74, 6) is 0. The van der Waals surface area contributed by atoms with Crippen molar-refractivity contribution in [3.05, 3.63) is 35.9 Å². The average Bonchev–Trinajstić information content (AvgIpc) is 2.20. The Hall–Kier alpha value is 0.426. The van der Waals surface area contributed by atoms with Gasteiger partial charge in [-0.15, -0.1) is 5.56 Å². The molecule has 0 saturated heterocycles. The smallest absolute Gasteiger partial charge is 1.00 e. The third-order valence-electron chi connectivity index (χ3n) is 2.25. The van der Waals surface area contributed by atoms with E-state index in [2.05, 4.69) is 36.9 Å². The summed E-state index contributed by atoms with van der Waals surface area (Å²) in [6, 6.07) is 11.5. The predicted octanol–water partition coefficient (Wildman–Crippen LogP) is -0.268. The van der Waals surface area contributed by atoms with E-state index in [0.717, 1.165) is 6.54 Å². The first kappa shape index (κ1) is 18.8. The van der Waals surface area contributed by atoms with Crippen LogP contribution in [0, 0.1) is 6.07 Å². The van der Waals surface area contributed by atoms with E-state index in [-0.39, 0.29) is 40.0 Å². The van der Waals surface area contributed by atoms with E-state index >= 15 is 0 Å². The van der Waals surface area contributed by atoms with Crippen LogP contribution < -0.4 is 17.0 Å². The van der Waals surface area contributed by atoms with Gasteiger partial charge >= 0.3 is 23.1 Å². The molecule has 0 amide bonds. The molecule has 1 aromatic carbocycles. The molecule has 3 heteroatoms. The quantitative estimate of drug-likeness (QED) is 0.516. The standard InChI is InChI=1S/C13H20N.BrH.Mg/c1-3-10-14(11-4-2)12-13-8-6-5-7-9-13;;/h5-8H,3-4,10-12H2,1-2H3;1H;/q-1;;+2/p-1. The molecule has 0 heterocycles. The van der Waals surface area contributed by atoms with Gasteiger partial charge in [-0.1, -0.05) is 13.8 Å². The summed E-state index contributed by atoms with van der Waals surface area (Å²) in [4.78, 5) is 2.49. The Kier molecular flexibility index (Phi) is 14.0. The van der Waals surface area contributed by atoms with Gasteiger partial charge in [-0.05, 0) is 25.9 Å². The van der Waals surface area contributed by atoms with E-state index in [0.29, 0.717) is 0 Å². The minimum atomic E-state index is 0. The third kappa shape index (κ3) is 7.66. The molecule has 1 aromatic rings. The number of nitrogens with zero attached hydrogens (tertiary/aromatic N) is 1. The van der Waals surface area contributed by atoms with Crippen LogP contribution >= 0.6 is 0 Å². The van der Waals surface area contributed by atoms with Gasteiger partial charge in [-0.2, -0.15) is 30.3 Å². The van der Waals surface area contributed by atoms with Crippen LogP contribution in [0.1, 0.15) is 32.3 Å². The van der Waals surface area contributed by atoms with E-state index in [9.17, 15) is 0 Å². The summed E-state index contributed by atoms with van der Waals surface area (Å²) in [6.07, 6.45) is 2.46. The molecular formula is C13H20BrMgN. The van der Waals surface area contributed by atoms with Crippen molar-refractivity contribution in [1.82, 2.24) is 4.90 Å². The molecule has 0 aliphatic rings. The largest absolute Gasteiger partial charge is 2.00 e. The van der Waals surface area contributed by atoms with Gasteiger partial charge in [-0.3, -0.25) is 0 Å². The van der Waals surface area contributed by atoms with Gasteiger partial charge in [0.1, 0.15) is 0 Å². The van der Waals surface area contributed by atoms with Crippen LogP contribution in [0.2, 0.25) is 0 Å². The first-order valence-corrected chi connectivity index (χ1v) is 5.54. The summed E-state index contributed by atoms with van der Waals surface area (Å²) in [5.41, 5.74) is 1.30. The second-order valence-corrected chi connectivity index (χ2v) is 3.66. The Bertz CT molecular complexity index is 235. The number of hydrogen-bond acceptors (Lipinski definition) is 1. The Morgan fingerprint density at radius 1 is 1.12 bits per heavy atom. The zero-order valence-corrected chi connectivity index (χ0v) is 13.4. The van der Waals surface area contributed by atoms with E-state index in [1.54, 1.807) is 0 Å². The first-order chi connectivity index (χ1) is 6.86. The van der Waals surface area contributed by atoms with E-state index in [1.807, 2.05) is 12.1 Å². The van der Waals surface area contributed by atoms with Crippen molar-refractivity contribution >= 4 is 23.1 Å². The summed E-state index contributed by atoms with van der Waals surface area (Å²) >= 11 is 0. The number of benzene rings is 1. The minimum absolute atomic E-state index is 0. The van der Waals surface area contributed by atoms with Crippen molar-refractivity contribution in [2.45, 2.75) is 33.2 Å². The Balaban J connectivity index is 0. The van der Waals surface area contributed by atoms with Crippen LogP contribution in [0.5, 0.6) is 0 Å². The molecule has 0 spiro atoms. The van der Waals surface area contributed by atoms with Crippen LogP contribution in [-0.2, 0) is 6.54 Å². The molecule has 0 atom stereocenters. The summed E-state index contributed by atoms with van der Waals surface area (Å²) in [5, 5.41) is 0. The van der Waals surface area contributed by atoms with Gasteiger partial charge in [0.15, 0.2) is 0 Å². The second-order valence-electron chi connectivity index (χ2n) is 3.66. The molecular weight excluding hydrogens is 274 g/mol. The summed E-state index contributed by atoms with van der Waals surface area (Å²) < 4.78 is 0. The molecule has 1 nitrogen and oxygen atoms in total. The van der Waals surface area contributed by atoms with Gasteiger partial charge in [0.25, 0.3) is 0 Å². The molecule has 0 fully saturated rings. The zero-order chi connectivity index (χ0) is 10.2. The maximum Gasteiger partial charge on any atom is 2.00 e. The van der Waals surface area contributed by atoms with Crippen LogP contribution in [0.15, 0.2) is 24.3 Å². The fraction of sp³-hybridized carbons (Fsp3) is 0.538. The van der Waals surface area contributed by atoms with Gasteiger partial charge in [0.2, 0.25) is 0 Å². The van der Waals surface area contributed by atoms with Crippen LogP contribution in [0.25, 0.3) is 0 Å². The molecule has 0 saturated carbocycles. The molecule has 0 aliphatic heterocycles. The third-order valence-corrected chi connectivity index (χ3v) is 2.25. The van der Waals surface area contributed by atoms with E-state index in [1.165, 1.54) is 31.5 Å². The van der Waals surface area contributed by atoms with Crippen LogP contribution in [0.4, 0.5) is 0 Å². The van der Waals surface area contributed by atoms with Crippen molar-refractivity contribution in [2.75, 3.05) is 13.1 Å². The fourth-order valence-electron chi connectivity index (χ4n) is 1.67. The second kappa shape index (κ2) is 11.9. The molecule has 86 valence electrons. The van der Waals surface area contributed by atoms with Crippen LogP contribution in [-0.4, -0.2) is 41.0 Å². The number of rotatable bonds is 6. The molecule has 1 rings (SSSR count). The molecule has 0 aromatic heterocycles. The van der Waals surface area contributed by atoms with E-state index in [4.69, 9.17) is 0 Å². The number of hydrogen-bond donors (Lipinski definition) is 0. The zero-order valence-electron chi connectivity index (χ0n) is 10.4. The molecule has 0 unspecified atom stereocenters. The fourth-order valence-corrected chi connectivity index (χ4v) is 1.67. The van der Waals surface area contributed by atoms with Crippen molar-refractivity contribution in [3.8, 4) is 0 Å². The van der Waals surface area contributed by atoms with Crippen molar-refractivity contribution in [2.24, 2.45) is 0 Å². The van der Waals surface area contributed by atoms with Crippen LogP contribution in [0.3, 0.4) is 0 Å². The topological polar surface area (TPSA) is 3.24 Å². The predicted molar refractivity (Wildman–Crippen MR) is 66.9 cm³/mol. The van der Waals surface area contributed by atoms with Gasteiger partial charge in [0, 0.05) is 6.54 Å². The van der Waals surface area contributed by atoms with Gasteiger partial charge in [0.05, 0.1) is 0 Å². The van der Waals surface area contributed by atoms with Gasteiger partial charge < -0.3 is 21.9 Å². The molecule has 0 radical (unpaired) electrons. The Morgan fingerprint density at radius 2 is 1.75 bits per heavy atom. The van der Waals surface area contributed by atoms with E-state index < -0.39 is 0 Å². The molecule has 16 heavy (non-hydrogen) atoms. The SMILES string of the molecule is CCCN(CCC)Cc1[c-]cccc1.[Br-].[Mg+2]. The van der Waals surface area contributed by atoms with Gasteiger partial charge in [-0.25, -0.2) is 0 Å². The van der Waals surface area contributed by atoms with Crippen molar-refractivity contribution in [3.63, 3.8) is 0 Å². The normalized spacial score (nSPS) is 9.44. The summed E-state index contributed by atoms with van der Waals surface area (Å²) in [7, 11) is 0. The van der Waals surface area contributed by atoms with Crippen molar-refractivity contribution in [1.29, 1.82) is 0 Å². The minimum Gasteiger partial charge on any atom is -1.00 e. The van der Waals surface area contributed by atoms with Crippen molar-refractivity contribution < 1.29 is 17.0 Å². The monoisotopic (exact) mass is 293 g/mol. The first-order valence-electron chi connectivity index (χ1n) is 5.54. The maximum atomic E-state index is 3.27. The molecule has 0 N–H and O–H groups in total. The molecule has 0 bridgehead atoms. The maximum absolute atomic E-state index is 3.27. The Morgan fingerprint density at radius 3 is 2.19 bits per heavy atom. The summed E-state index contributed by atoms with van der Waals surface area (Å²) in [6.45, 7) is 7.89. The number of halogens is 1. The molecule has 0 aliphatic carbocycles.